The molecule has 22 heavy (non-hydrogen) atoms. The zero-order valence-corrected chi connectivity index (χ0v) is 13.6. The third-order valence-corrected chi connectivity index (χ3v) is 4.70. The van der Waals surface area contributed by atoms with Gasteiger partial charge in [0.05, 0.1) is 10.0 Å². The van der Waals surface area contributed by atoms with Crippen molar-refractivity contribution in [2.45, 2.75) is 6.54 Å². The molecule has 0 amide bonds. The highest BCUT2D eigenvalue weighted by molar-refractivity contribution is 6.42. The summed E-state index contributed by atoms with van der Waals surface area (Å²) in [6, 6.07) is 12.8. The summed E-state index contributed by atoms with van der Waals surface area (Å²) in [6.07, 6.45) is 0. The smallest absolute Gasteiger partial charge is 0.178 e. The van der Waals surface area contributed by atoms with Crippen molar-refractivity contribution in [3.8, 4) is 5.75 Å². The Morgan fingerprint density at radius 2 is 1.55 bits per heavy atom. The van der Waals surface area contributed by atoms with E-state index in [1.165, 1.54) is 5.56 Å². The Kier molecular flexibility index (Phi) is 4.77. The van der Waals surface area contributed by atoms with E-state index in [9.17, 15) is 5.11 Å². The molecular weight excluding hydrogens is 319 g/mol. The predicted octanol–water partition coefficient (Wildman–Crippen LogP) is 4.46. The lowest BCUT2D eigenvalue weighted by Crippen LogP contribution is -2.45. The number of nitrogens with zero attached hydrogens (tertiary/aromatic N) is 2. The van der Waals surface area contributed by atoms with Crippen LogP contribution in [0.4, 0.5) is 5.69 Å². The van der Waals surface area contributed by atoms with E-state index in [0.29, 0.717) is 10.0 Å². The van der Waals surface area contributed by atoms with Crippen LogP contribution in [0.5, 0.6) is 5.75 Å². The number of hydrogen-bond acceptors (Lipinski definition) is 2. The molecule has 0 bridgehead atoms. The molecule has 2 aromatic rings. The van der Waals surface area contributed by atoms with Crippen molar-refractivity contribution >= 4 is 28.9 Å². The van der Waals surface area contributed by atoms with Crippen molar-refractivity contribution in [3.63, 3.8) is 0 Å². The highest BCUT2D eigenvalue weighted by Crippen LogP contribution is 2.24. The molecule has 1 aliphatic heterocycles. The molecule has 0 aliphatic carbocycles. The number of hydrogen-bond donors (Lipinski definition) is 0. The lowest BCUT2D eigenvalue weighted by atomic mass is 10.2. The second kappa shape index (κ2) is 6.78. The first-order chi connectivity index (χ1) is 10.6. The number of anilines is 1. The lowest BCUT2D eigenvalue weighted by molar-refractivity contribution is 0.250. The van der Waals surface area contributed by atoms with Gasteiger partial charge in [-0.25, -0.2) is 0 Å². The first kappa shape index (κ1) is 15.5. The van der Waals surface area contributed by atoms with Crippen LogP contribution in [0.3, 0.4) is 0 Å². The molecule has 1 heterocycles. The summed E-state index contributed by atoms with van der Waals surface area (Å²) < 4.78 is 0. The fourth-order valence-electron chi connectivity index (χ4n) is 2.72. The molecule has 1 radical (unpaired) electrons. The van der Waals surface area contributed by atoms with E-state index in [-0.39, 0.29) is 5.75 Å². The Morgan fingerprint density at radius 3 is 2.18 bits per heavy atom. The van der Waals surface area contributed by atoms with Gasteiger partial charge in [-0.3, -0.25) is 10.0 Å². The van der Waals surface area contributed by atoms with Crippen molar-refractivity contribution in [1.29, 1.82) is 0 Å². The fourth-order valence-corrected chi connectivity index (χ4v) is 3.04. The van der Waals surface area contributed by atoms with E-state index in [1.54, 1.807) is 12.1 Å². The minimum atomic E-state index is 0.0574. The second-order valence-corrected chi connectivity index (χ2v) is 6.32. The molecule has 2 aromatic carbocycles. The largest absolute Gasteiger partial charge is 0.369 e. The molecular formula is C17H17Cl2N2O. The summed E-state index contributed by atoms with van der Waals surface area (Å²) in [7, 11) is 0. The standard InChI is InChI=1S/C17H17Cl2N2O/c18-16-6-1-13(11-17(16)19)12-20-7-9-21(10-8-20)14-2-4-15(22)5-3-14/h1-6,11H,7-10,12H2. The zero-order valence-electron chi connectivity index (χ0n) is 12.1. The van der Waals surface area contributed by atoms with E-state index in [0.717, 1.165) is 38.4 Å². The zero-order chi connectivity index (χ0) is 15.5. The molecule has 1 saturated heterocycles. The molecule has 0 aromatic heterocycles. The third kappa shape index (κ3) is 3.67. The van der Waals surface area contributed by atoms with Crippen LogP contribution in [-0.4, -0.2) is 31.1 Å². The maximum Gasteiger partial charge on any atom is 0.178 e. The van der Waals surface area contributed by atoms with Gasteiger partial charge in [-0.1, -0.05) is 29.3 Å². The van der Waals surface area contributed by atoms with E-state index >= 15 is 0 Å². The third-order valence-electron chi connectivity index (χ3n) is 3.96. The fraction of sp³-hybridized carbons (Fsp3) is 0.294. The van der Waals surface area contributed by atoms with Crippen LogP contribution in [0.1, 0.15) is 5.56 Å². The Bertz CT molecular complexity index is 638. The summed E-state index contributed by atoms with van der Waals surface area (Å²) in [6.45, 7) is 4.77. The highest BCUT2D eigenvalue weighted by Gasteiger charge is 2.17. The van der Waals surface area contributed by atoms with Crippen molar-refractivity contribution in [1.82, 2.24) is 4.90 Å². The molecule has 1 fully saturated rings. The van der Waals surface area contributed by atoms with E-state index in [2.05, 4.69) is 9.80 Å². The van der Waals surface area contributed by atoms with Gasteiger partial charge in [0.25, 0.3) is 0 Å². The van der Waals surface area contributed by atoms with Gasteiger partial charge in [0.15, 0.2) is 5.75 Å². The van der Waals surface area contributed by atoms with Crippen LogP contribution in [0, 0.1) is 0 Å². The van der Waals surface area contributed by atoms with Gasteiger partial charge in [0.2, 0.25) is 0 Å². The van der Waals surface area contributed by atoms with Gasteiger partial charge >= 0.3 is 0 Å². The average Bonchev–Trinajstić information content (AvgIpc) is 2.53. The van der Waals surface area contributed by atoms with Gasteiger partial charge in [-0.15, -0.1) is 0 Å². The minimum Gasteiger partial charge on any atom is -0.369 e. The number of rotatable bonds is 3. The van der Waals surface area contributed by atoms with Crippen LogP contribution in [0.15, 0.2) is 42.5 Å². The van der Waals surface area contributed by atoms with Gasteiger partial charge in [-0.05, 0) is 42.0 Å². The Balaban J connectivity index is 1.57. The van der Waals surface area contributed by atoms with Crippen LogP contribution in [0.25, 0.3) is 0 Å². The quantitative estimate of drug-likeness (QED) is 0.827. The van der Waals surface area contributed by atoms with Gasteiger partial charge in [0.1, 0.15) is 0 Å². The molecule has 0 atom stereocenters. The first-order valence-electron chi connectivity index (χ1n) is 7.30. The highest BCUT2D eigenvalue weighted by atomic mass is 35.5. The SMILES string of the molecule is [O]c1ccc(N2CCN(Cc3ccc(Cl)c(Cl)c3)CC2)cc1. The normalized spacial score (nSPS) is 16.0. The molecule has 0 N–H and O–H groups in total. The minimum absolute atomic E-state index is 0.0574. The molecule has 0 unspecified atom stereocenters. The second-order valence-electron chi connectivity index (χ2n) is 5.51. The predicted molar refractivity (Wildman–Crippen MR) is 90.5 cm³/mol. The Morgan fingerprint density at radius 1 is 0.864 bits per heavy atom. The van der Waals surface area contributed by atoms with E-state index < -0.39 is 0 Å². The maximum atomic E-state index is 11.2. The summed E-state index contributed by atoms with van der Waals surface area (Å²) >= 11 is 12.0. The van der Waals surface area contributed by atoms with E-state index in [1.807, 2.05) is 30.3 Å². The molecule has 115 valence electrons. The van der Waals surface area contributed by atoms with Crippen molar-refractivity contribution in [3.05, 3.63) is 58.1 Å². The summed E-state index contributed by atoms with van der Waals surface area (Å²) in [5, 5.41) is 12.4. The van der Waals surface area contributed by atoms with Gasteiger partial charge in [-0.2, -0.15) is 0 Å². The first-order valence-corrected chi connectivity index (χ1v) is 8.06. The molecule has 3 nitrogen and oxygen atoms in total. The topological polar surface area (TPSA) is 26.4 Å². The molecule has 5 heteroatoms. The van der Waals surface area contributed by atoms with Crippen LogP contribution in [0.2, 0.25) is 10.0 Å². The van der Waals surface area contributed by atoms with E-state index in [4.69, 9.17) is 23.2 Å². The van der Waals surface area contributed by atoms with Crippen LogP contribution in [-0.2, 0) is 11.7 Å². The number of halogens is 2. The van der Waals surface area contributed by atoms with Crippen molar-refractivity contribution in [2.24, 2.45) is 0 Å². The van der Waals surface area contributed by atoms with Crippen LogP contribution < -0.4 is 4.90 Å². The number of piperazine rings is 1. The number of benzene rings is 2. The molecule has 3 rings (SSSR count). The summed E-state index contributed by atoms with van der Waals surface area (Å²) in [4.78, 5) is 4.71. The Hall–Kier alpha value is -1.42. The molecule has 0 spiro atoms. The van der Waals surface area contributed by atoms with Gasteiger partial charge < -0.3 is 4.90 Å². The van der Waals surface area contributed by atoms with Crippen molar-refractivity contribution in [2.75, 3.05) is 31.1 Å². The maximum absolute atomic E-state index is 11.2. The van der Waals surface area contributed by atoms with Gasteiger partial charge in [0, 0.05) is 38.4 Å². The molecule has 1 aliphatic rings. The monoisotopic (exact) mass is 335 g/mol. The van der Waals surface area contributed by atoms with Crippen molar-refractivity contribution < 1.29 is 5.11 Å². The summed E-state index contributed by atoms with van der Waals surface area (Å²) in [5.74, 6) is 0.0574. The molecule has 0 saturated carbocycles. The Labute approximate surface area is 140 Å². The van der Waals surface area contributed by atoms with Crippen LogP contribution >= 0.6 is 23.2 Å². The lowest BCUT2D eigenvalue weighted by Gasteiger charge is -2.36. The summed E-state index contributed by atoms with van der Waals surface area (Å²) in [5.41, 5.74) is 2.30. The average molecular weight is 336 g/mol.